The van der Waals surface area contributed by atoms with Gasteiger partial charge in [0.1, 0.15) is 0 Å². The lowest BCUT2D eigenvalue weighted by molar-refractivity contribution is -0.139. The highest BCUT2D eigenvalue weighted by Crippen LogP contribution is 2.52. The number of likely N-dealkylation sites (tertiary alicyclic amines) is 1. The van der Waals surface area contributed by atoms with Crippen molar-refractivity contribution in [1.29, 1.82) is 0 Å². The topological polar surface area (TPSA) is 57.6 Å². The number of fused-ring (bicyclic) bond motifs is 3. The number of carbonyl (C=O) groups excluding carboxylic acids is 2. The summed E-state index contributed by atoms with van der Waals surface area (Å²) < 4.78 is 0. The van der Waals surface area contributed by atoms with Crippen LogP contribution >= 0.6 is 0 Å². The van der Waals surface area contributed by atoms with Crippen molar-refractivity contribution in [3.05, 3.63) is 0 Å². The van der Waals surface area contributed by atoms with Gasteiger partial charge in [0, 0.05) is 7.05 Å². The lowest BCUT2D eigenvalue weighted by atomic mass is 9.76. The Labute approximate surface area is 94.6 Å². The van der Waals surface area contributed by atoms with E-state index in [0.29, 0.717) is 6.42 Å². The van der Waals surface area contributed by atoms with E-state index in [9.17, 15) is 14.7 Å². The third-order valence-electron chi connectivity index (χ3n) is 4.77. The normalized spacial score (nSPS) is 47.1. The molecule has 0 bridgehead atoms. The van der Waals surface area contributed by atoms with Crippen LogP contribution < -0.4 is 0 Å². The maximum absolute atomic E-state index is 12.0. The molecular formula is C12H17NO3. The average molecular weight is 223 g/mol. The van der Waals surface area contributed by atoms with Crippen LogP contribution in [0.4, 0.5) is 0 Å². The summed E-state index contributed by atoms with van der Waals surface area (Å²) >= 11 is 0. The molecule has 1 N–H and O–H groups in total. The number of hydrogen-bond acceptors (Lipinski definition) is 3. The van der Waals surface area contributed by atoms with Crippen molar-refractivity contribution < 1.29 is 14.7 Å². The first-order valence-corrected chi connectivity index (χ1v) is 6.10. The Hall–Kier alpha value is -0.900. The molecule has 3 fully saturated rings. The number of imide groups is 1. The monoisotopic (exact) mass is 223 g/mol. The van der Waals surface area contributed by atoms with Gasteiger partial charge in [-0.3, -0.25) is 14.5 Å². The molecule has 0 radical (unpaired) electrons. The number of aliphatic hydroxyl groups is 1. The second-order valence-corrected chi connectivity index (χ2v) is 5.43. The standard InChI is InChI=1S/C12H17NO3/c1-13-11(15)8-5-7-6(10(8)12(13)16)3-2-4-9(7)14/h6-10,14H,2-5H2,1H3/t6-,7?,8+,9?,10-/m0/s1. The van der Waals surface area contributed by atoms with Gasteiger partial charge in [-0.05, 0) is 31.1 Å². The number of carbonyl (C=O) groups is 2. The van der Waals surface area contributed by atoms with Crippen LogP contribution in [-0.2, 0) is 9.59 Å². The van der Waals surface area contributed by atoms with E-state index in [4.69, 9.17) is 0 Å². The van der Waals surface area contributed by atoms with Gasteiger partial charge in [0.15, 0.2) is 0 Å². The second kappa shape index (κ2) is 3.29. The van der Waals surface area contributed by atoms with Crippen molar-refractivity contribution in [3.63, 3.8) is 0 Å². The smallest absolute Gasteiger partial charge is 0.233 e. The Bertz CT molecular complexity index is 354. The molecule has 4 heteroatoms. The summed E-state index contributed by atoms with van der Waals surface area (Å²) in [6, 6.07) is 0. The molecule has 16 heavy (non-hydrogen) atoms. The second-order valence-electron chi connectivity index (χ2n) is 5.43. The molecule has 0 aromatic carbocycles. The molecule has 2 amide bonds. The minimum atomic E-state index is -0.296. The van der Waals surface area contributed by atoms with E-state index in [1.807, 2.05) is 0 Å². The van der Waals surface area contributed by atoms with E-state index >= 15 is 0 Å². The van der Waals surface area contributed by atoms with Crippen LogP contribution in [0.25, 0.3) is 0 Å². The van der Waals surface area contributed by atoms with Crippen molar-refractivity contribution in [2.24, 2.45) is 23.7 Å². The highest BCUT2D eigenvalue weighted by atomic mass is 16.3. The first-order valence-electron chi connectivity index (χ1n) is 6.10. The summed E-state index contributed by atoms with van der Waals surface area (Å²) in [6.07, 6.45) is 3.23. The molecular weight excluding hydrogens is 206 g/mol. The minimum Gasteiger partial charge on any atom is -0.393 e. The fraction of sp³-hybridized carbons (Fsp3) is 0.833. The third kappa shape index (κ3) is 1.14. The zero-order valence-corrected chi connectivity index (χ0v) is 9.43. The lowest BCUT2D eigenvalue weighted by Gasteiger charge is -2.32. The number of nitrogens with zero attached hydrogens (tertiary/aromatic N) is 1. The molecule has 3 rings (SSSR count). The summed E-state index contributed by atoms with van der Waals surface area (Å²) in [7, 11) is 1.58. The zero-order chi connectivity index (χ0) is 11.4. The first kappa shape index (κ1) is 10.3. The van der Waals surface area contributed by atoms with Crippen molar-refractivity contribution in [2.45, 2.75) is 31.8 Å². The van der Waals surface area contributed by atoms with Gasteiger partial charge in [0.05, 0.1) is 17.9 Å². The molecule has 0 spiro atoms. The maximum Gasteiger partial charge on any atom is 0.233 e. The largest absolute Gasteiger partial charge is 0.393 e. The van der Waals surface area contributed by atoms with E-state index in [-0.39, 0.29) is 41.6 Å². The van der Waals surface area contributed by atoms with E-state index < -0.39 is 0 Å². The Balaban J connectivity index is 1.92. The Morgan fingerprint density at radius 2 is 1.94 bits per heavy atom. The van der Waals surface area contributed by atoms with Crippen LogP contribution in [0, 0.1) is 23.7 Å². The van der Waals surface area contributed by atoms with E-state index in [1.54, 1.807) is 7.05 Å². The molecule has 0 aromatic rings. The summed E-state index contributed by atoms with van der Waals surface area (Å²) in [4.78, 5) is 25.1. The average Bonchev–Trinajstić information content (AvgIpc) is 2.74. The van der Waals surface area contributed by atoms with Gasteiger partial charge in [-0.25, -0.2) is 0 Å². The quantitative estimate of drug-likeness (QED) is 0.605. The van der Waals surface area contributed by atoms with E-state index in [1.165, 1.54) is 4.90 Å². The van der Waals surface area contributed by atoms with Crippen molar-refractivity contribution in [1.82, 2.24) is 4.90 Å². The predicted octanol–water partition coefficient (Wildman–Crippen LogP) is 0.398. The number of aliphatic hydroxyl groups excluding tert-OH is 1. The fourth-order valence-corrected chi connectivity index (χ4v) is 3.98. The summed E-state index contributed by atoms with van der Waals surface area (Å²) in [5.74, 6) is 0.117. The van der Waals surface area contributed by atoms with Crippen LogP contribution in [0.3, 0.4) is 0 Å². The van der Waals surface area contributed by atoms with Crippen molar-refractivity contribution >= 4 is 11.8 Å². The van der Waals surface area contributed by atoms with Crippen molar-refractivity contribution in [2.75, 3.05) is 7.05 Å². The fourth-order valence-electron chi connectivity index (χ4n) is 3.98. The van der Waals surface area contributed by atoms with Crippen LogP contribution in [0.2, 0.25) is 0 Å². The Morgan fingerprint density at radius 1 is 1.19 bits per heavy atom. The van der Waals surface area contributed by atoms with E-state index in [0.717, 1.165) is 19.3 Å². The van der Waals surface area contributed by atoms with Crippen LogP contribution in [0.1, 0.15) is 25.7 Å². The van der Waals surface area contributed by atoms with E-state index in [2.05, 4.69) is 0 Å². The molecule has 2 saturated carbocycles. The number of amides is 2. The van der Waals surface area contributed by atoms with Gasteiger partial charge >= 0.3 is 0 Å². The number of hydrogen-bond donors (Lipinski definition) is 1. The van der Waals surface area contributed by atoms with Crippen LogP contribution in [-0.4, -0.2) is 35.0 Å². The molecule has 1 saturated heterocycles. The van der Waals surface area contributed by atoms with Gasteiger partial charge in [-0.1, -0.05) is 6.42 Å². The van der Waals surface area contributed by atoms with Gasteiger partial charge in [-0.2, -0.15) is 0 Å². The summed E-state index contributed by atoms with van der Waals surface area (Å²) in [6.45, 7) is 0. The lowest BCUT2D eigenvalue weighted by Crippen LogP contribution is -2.36. The van der Waals surface area contributed by atoms with Crippen LogP contribution in [0.15, 0.2) is 0 Å². The van der Waals surface area contributed by atoms with Gasteiger partial charge in [0.25, 0.3) is 0 Å². The van der Waals surface area contributed by atoms with Gasteiger partial charge < -0.3 is 5.11 Å². The molecule has 2 aliphatic carbocycles. The third-order valence-corrected chi connectivity index (χ3v) is 4.77. The molecule has 88 valence electrons. The molecule has 0 aromatic heterocycles. The molecule has 1 aliphatic heterocycles. The molecule has 3 aliphatic rings. The zero-order valence-electron chi connectivity index (χ0n) is 9.43. The van der Waals surface area contributed by atoms with Crippen molar-refractivity contribution in [3.8, 4) is 0 Å². The summed E-state index contributed by atoms with van der Waals surface area (Å²) in [5.41, 5.74) is 0. The molecule has 2 unspecified atom stereocenters. The Morgan fingerprint density at radius 3 is 2.69 bits per heavy atom. The molecule has 5 atom stereocenters. The predicted molar refractivity (Wildman–Crippen MR) is 56.2 cm³/mol. The van der Waals surface area contributed by atoms with Gasteiger partial charge in [0.2, 0.25) is 11.8 Å². The highest BCUT2D eigenvalue weighted by molar-refractivity contribution is 6.05. The SMILES string of the molecule is CN1C(=O)[C@@H]2[C@@H](CC3C(O)CCC[C@@H]32)C1=O. The summed E-state index contributed by atoms with van der Waals surface area (Å²) in [5, 5.41) is 9.94. The Kier molecular flexibility index (Phi) is 2.11. The molecule has 4 nitrogen and oxygen atoms in total. The number of rotatable bonds is 0. The van der Waals surface area contributed by atoms with Gasteiger partial charge in [-0.15, -0.1) is 0 Å². The minimum absolute atomic E-state index is 0.0170. The highest BCUT2D eigenvalue weighted by Gasteiger charge is 2.58. The van der Waals surface area contributed by atoms with Crippen LogP contribution in [0.5, 0.6) is 0 Å². The maximum atomic E-state index is 12.0. The first-order chi connectivity index (χ1) is 7.61. The molecule has 1 heterocycles.